The van der Waals surface area contributed by atoms with E-state index in [0.717, 1.165) is 5.01 Å². The van der Waals surface area contributed by atoms with Crippen LogP contribution in [0.2, 0.25) is 0 Å². The number of amides is 5. The highest BCUT2D eigenvalue weighted by atomic mass is 16.5. The smallest absolute Gasteiger partial charge is 0.344 e. The van der Waals surface area contributed by atoms with Crippen LogP contribution in [0.4, 0.5) is 4.79 Å². The zero-order valence-electron chi connectivity index (χ0n) is 17.3. The number of carbonyl (C=O) groups is 4. The number of ether oxygens (including phenoxy) is 1. The van der Waals surface area contributed by atoms with Crippen molar-refractivity contribution in [3.63, 3.8) is 0 Å². The van der Waals surface area contributed by atoms with Crippen molar-refractivity contribution < 1.29 is 28.8 Å². The highest BCUT2D eigenvalue weighted by molar-refractivity contribution is 6.08. The first-order chi connectivity index (χ1) is 14.4. The Morgan fingerprint density at radius 1 is 1.17 bits per heavy atom. The summed E-state index contributed by atoms with van der Waals surface area (Å²) in [5.41, 5.74) is 1.83. The van der Waals surface area contributed by atoms with E-state index in [1.54, 1.807) is 43.1 Å². The number of likely N-dealkylation sites (N-methyl/N-ethyl adjacent to an activating group) is 1. The second-order valence-corrected chi connectivity index (χ2v) is 7.53. The minimum absolute atomic E-state index is 0.0579. The average molecular weight is 418 g/mol. The molecule has 10 nitrogen and oxygen atoms in total. The highest BCUT2D eigenvalue weighted by Gasteiger charge is 2.52. The summed E-state index contributed by atoms with van der Waals surface area (Å²) in [6.07, 6.45) is 0.340. The standard InChI is InChI=1S/C20H27N5O5/c1-3-20(15-7-5-4-6-8-15)18(28)25(19(29)21-20)22-16(26)13-23(2)14-17(27)24-9-11-30-12-10-24/h4-8H,3,9-14H2,1-2H3,(H,21,29)(H,22,26)/p+1/t20-/m0/s1. The molecule has 2 fully saturated rings. The SMILES string of the molecule is CC[C@@]1(c2ccccc2)NC(=O)N(NC(=O)C[NH+](C)CC(=O)N2CCOCC2)C1=O. The molecule has 0 aromatic heterocycles. The lowest BCUT2D eigenvalue weighted by Crippen LogP contribution is -3.11. The van der Waals surface area contributed by atoms with Gasteiger partial charge in [-0.1, -0.05) is 37.3 Å². The molecular weight excluding hydrogens is 390 g/mol. The van der Waals surface area contributed by atoms with E-state index < -0.39 is 23.4 Å². The maximum Gasteiger partial charge on any atom is 0.344 e. The Labute approximate surface area is 175 Å². The normalized spacial score (nSPS) is 22.6. The van der Waals surface area contributed by atoms with Gasteiger partial charge in [0, 0.05) is 13.1 Å². The summed E-state index contributed by atoms with van der Waals surface area (Å²) >= 11 is 0. The molecule has 1 unspecified atom stereocenters. The number of hydrogen-bond acceptors (Lipinski definition) is 5. The molecule has 162 valence electrons. The number of hydrogen-bond donors (Lipinski definition) is 3. The number of hydrazine groups is 1. The van der Waals surface area contributed by atoms with Crippen LogP contribution in [0.3, 0.4) is 0 Å². The second-order valence-electron chi connectivity index (χ2n) is 7.53. The molecule has 0 bridgehead atoms. The molecule has 2 saturated heterocycles. The lowest BCUT2D eigenvalue weighted by Gasteiger charge is -2.27. The third-order valence-electron chi connectivity index (χ3n) is 5.40. The van der Waals surface area contributed by atoms with Crippen molar-refractivity contribution in [3.05, 3.63) is 35.9 Å². The van der Waals surface area contributed by atoms with E-state index in [1.165, 1.54) is 0 Å². The highest BCUT2D eigenvalue weighted by Crippen LogP contribution is 2.31. The Kier molecular flexibility index (Phi) is 6.68. The molecule has 0 radical (unpaired) electrons. The number of morpholine rings is 1. The van der Waals surface area contributed by atoms with Gasteiger partial charge in [-0.3, -0.25) is 19.8 Å². The topological polar surface area (TPSA) is 112 Å². The van der Waals surface area contributed by atoms with Gasteiger partial charge in [0.15, 0.2) is 13.1 Å². The first-order valence-electron chi connectivity index (χ1n) is 10.1. The fourth-order valence-corrected chi connectivity index (χ4v) is 3.72. The predicted molar refractivity (Wildman–Crippen MR) is 106 cm³/mol. The fraction of sp³-hybridized carbons (Fsp3) is 0.500. The zero-order chi connectivity index (χ0) is 21.7. The first kappa shape index (κ1) is 21.7. The van der Waals surface area contributed by atoms with Crippen molar-refractivity contribution in [2.45, 2.75) is 18.9 Å². The predicted octanol–water partition coefficient (Wildman–Crippen LogP) is -1.75. The number of urea groups is 1. The van der Waals surface area contributed by atoms with E-state index in [4.69, 9.17) is 4.74 Å². The number of nitrogens with zero attached hydrogens (tertiary/aromatic N) is 2. The average Bonchev–Trinajstić information content (AvgIpc) is 3.00. The van der Waals surface area contributed by atoms with Crippen LogP contribution in [0.25, 0.3) is 0 Å². The third kappa shape index (κ3) is 4.44. The molecule has 10 heteroatoms. The minimum atomic E-state index is -1.21. The molecule has 3 N–H and O–H groups in total. The van der Waals surface area contributed by atoms with E-state index in [0.29, 0.717) is 43.2 Å². The van der Waals surface area contributed by atoms with Crippen LogP contribution in [0.1, 0.15) is 18.9 Å². The number of nitrogens with one attached hydrogen (secondary N) is 3. The Balaban J connectivity index is 1.59. The lowest BCUT2D eigenvalue weighted by molar-refractivity contribution is -0.863. The van der Waals surface area contributed by atoms with Gasteiger partial charge in [-0.15, -0.1) is 0 Å². The van der Waals surface area contributed by atoms with Crippen LogP contribution < -0.4 is 15.6 Å². The van der Waals surface area contributed by atoms with Crippen LogP contribution in [-0.4, -0.2) is 80.1 Å². The van der Waals surface area contributed by atoms with E-state index >= 15 is 0 Å². The molecule has 2 heterocycles. The molecule has 1 aromatic rings. The molecule has 3 rings (SSSR count). The van der Waals surface area contributed by atoms with Crippen LogP contribution in [0.5, 0.6) is 0 Å². The fourth-order valence-electron chi connectivity index (χ4n) is 3.72. The third-order valence-corrected chi connectivity index (χ3v) is 5.40. The molecule has 0 saturated carbocycles. The van der Waals surface area contributed by atoms with Crippen molar-refractivity contribution in [1.82, 2.24) is 20.7 Å². The molecule has 2 atom stereocenters. The summed E-state index contributed by atoms with van der Waals surface area (Å²) in [4.78, 5) is 52.6. The quantitative estimate of drug-likeness (QED) is 0.455. The van der Waals surface area contributed by atoms with E-state index in [1.807, 2.05) is 6.07 Å². The van der Waals surface area contributed by atoms with Crippen LogP contribution >= 0.6 is 0 Å². The summed E-state index contributed by atoms with van der Waals surface area (Å²) in [5, 5.41) is 3.44. The van der Waals surface area contributed by atoms with Crippen molar-refractivity contribution >= 4 is 23.8 Å². The first-order valence-corrected chi connectivity index (χ1v) is 10.1. The second kappa shape index (κ2) is 9.23. The molecular formula is C20H28N5O5+. The summed E-state index contributed by atoms with van der Waals surface area (Å²) < 4.78 is 5.23. The lowest BCUT2D eigenvalue weighted by atomic mass is 9.87. The van der Waals surface area contributed by atoms with Gasteiger partial charge in [0.1, 0.15) is 5.54 Å². The van der Waals surface area contributed by atoms with Crippen molar-refractivity contribution in [2.24, 2.45) is 0 Å². The molecule has 5 amide bonds. The maximum atomic E-state index is 13.0. The molecule has 0 aliphatic carbocycles. The van der Waals surface area contributed by atoms with Crippen molar-refractivity contribution in [1.29, 1.82) is 0 Å². The van der Waals surface area contributed by atoms with Crippen molar-refractivity contribution in [2.75, 3.05) is 46.4 Å². The van der Waals surface area contributed by atoms with E-state index in [-0.39, 0.29) is 19.0 Å². The number of carbonyl (C=O) groups excluding carboxylic acids is 4. The summed E-state index contributed by atoms with van der Waals surface area (Å²) in [7, 11) is 1.71. The van der Waals surface area contributed by atoms with E-state index in [2.05, 4.69) is 10.7 Å². The van der Waals surface area contributed by atoms with Gasteiger partial charge in [-0.2, -0.15) is 5.01 Å². The summed E-state index contributed by atoms with van der Waals surface area (Å²) in [6, 6.07) is 8.25. The Hall–Kier alpha value is -2.98. The largest absolute Gasteiger partial charge is 0.378 e. The van der Waals surface area contributed by atoms with Gasteiger partial charge in [0.25, 0.3) is 17.7 Å². The summed E-state index contributed by atoms with van der Waals surface area (Å²) in [6.45, 7) is 3.98. The van der Waals surface area contributed by atoms with Gasteiger partial charge >= 0.3 is 6.03 Å². The molecule has 2 aliphatic heterocycles. The van der Waals surface area contributed by atoms with Gasteiger partial charge in [-0.05, 0) is 12.0 Å². The maximum absolute atomic E-state index is 13.0. The minimum Gasteiger partial charge on any atom is -0.378 e. The van der Waals surface area contributed by atoms with Crippen LogP contribution in [-0.2, 0) is 24.7 Å². The molecule has 30 heavy (non-hydrogen) atoms. The van der Waals surface area contributed by atoms with E-state index in [9.17, 15) is 19.2 Å². The van der Waals surface area contributed by atoms with Gasteiger partial charge in [-0.25, -0.2) is 4.79 Å². The van der Waals surface area contributed by atoms with Gasteiger partial charge in [0.05, 0.1) is 20.3 Å². The van der Waals surface area contributed by atoms with Crippen LogP contribution in [0, 0.1) is 0 Å². The number of rotatable bonds is 7. The Morgan fingerprint density at radius 3 is 2.47 bits per heavy atom. The Morgan fingerprint density at radius 2 is 1.83 bits per heavy atom. The molecule has 2 aliphatic rings. The van der Waals surface area contributed by atoms with Gasteiger partial charge < -0.3 is 19.9 Å². The number of imide groups is 1. The van der Waals surface area contributed by atoms with Crippen LogP contribution in [0.15, 0.2) is 30.3 Å². The molecule has 0 spiro atoms. The monoisotopic (exact) mass is 418 g/mol. The molecule has 1 aromatic carbocycles. The zero-order valence-corrected chi connectivity index (χ0v) is 17.3. The van der Waals surface area contributed by atoms with Gasteiger partial charge in [0.2, 0.25) is 0 Å². The number of benzene rings is 1. The number of quaternary nitrogens is 1. The van der Waals surface area contributed by atoms with Crippen molar-refractivity contribution in [3.8, 4) is 0 Å². The summed E-state index contributed by atoms with van der Waals surface area (Å²) in [5.74, 6) is -1.12. The Bertz CT molecular complexity index is 811.